The Morgan fingerprint density at radius 3 is 2.60 bits per heavy atom. The molecule has 0 aliphatic rings. The molecule has 0 aliphatic heterocycles. The van der Waals surface area contributed by atoms with Gasteiger partial charge in [0.2, 0.25) is 0 Å². The summed E-state index contributed by atoms with van der Waals surface area (Å²) >= 11 is 0. The maximum atomic E-state index is 9.63. The summed E-state index contributed by atoms with van der Waals surface area (Å²) in [6.45, 7) is 1.96. The molecule has 0 saturated carbocycles. The van der Waals surface area contributed by atoms with Crippen molar-refractivity contribution in [1.82, 2.24) is 9.78 Å². The Kier molecular flexibility index (Phi) is 2.83. The maximum absolute atomic E-state index is 9.63. The van der Waals surface area contributed by atoms with Gasteiger partial charge in [0, 0.05) is 12.4 Å². The SMILES string of the molecule is CCC(O)c1ccc(-n2cccn2)cc1. The van der Waals surface area contributed by atoms with Crippen molar-refractivity contribution in [2.75, 3.05) is 0 Å². The molecule has 0 radical (unpaired) electrons. The lowest BCUT2D eigenvalue weighted by molar-refractivity contribution is 0.173. The zero-order valence-electron chi connectivity index (χ0n) is 8.67. The Morgan fingerprint density at radius 2 is 2.07 bits per heavy atom. The van der Waals surface area contributed by atoms with Crippen molar-refractivity contribution < 1.29 is 5.11 Å². The minimum absolute atomic E-state index is 0.364. The molecule has 15 heavy (non-hydrogen) atoms. The van der Waals surface area contributed by atoms with Gasteiger partial charge in [-0.25, -0.2) is 4.68 Å². The number of aromatic nitrogens is 2. The molecule has 0 amide bonds. The van der Waals surface area contributed by atoms with Crippen LogP contribution in [-0.2, 0) is 0 Å². The lowest BCUT2D eigenvalue weighted by atomic mass is 10.1. The van der Waals surface area contributed by atoms with E-state index in [1.54, 1.807) is 10.9 Å². The lowest BCUT2D eigenvalue weighted by Crippen LogP contribution is -1.97. The highest BCUT2D eigenvalue weighted by molar-refractivity contribution is 5.34. The van der Waals surface area contributed by atoms with Crippen LogP contribution in [0, 0.1) is 0 Å². The summed E-state index contributed by atoms with van der Waals surface area (Å²) in [6.07, 6.45) is 4.01. The summed E-state index contributed by atoms with van der Waals surface area (Å²) in [5, 5.41) is 13.8. The maximum Gasteiger partial charge on any atom is 0.0787 e. The van der Waals surface area contributed by atoms with E-state index < -0.39 is 0 Å². The van der Waals surface area contributed by atoms with E-state index >= 15 is 0 Å². The van der Waals surface area contributed by atoms with E-state index in [2.05, 4.69) is 5.10 Å². The van der Waals surface area contributed by atoms with E-state index in [0.717, 1.165) is 17.7 Å². The third kappa shape index (κ3) is 2.07. The van der Waals surface area contributed by atoms with Crippen molar-refractivity contribution >= 4 is 0 Å². The van der Waals surface area contributed by atoms with E-state index in [1.165, 1.54) is 0 Å². The Labute approximate surface area is 89.0 Å². The fraction of sp³-hybridized carbons (Fsp3) is 0.250. The minimum Gasteiger partial charge on any atom is -0.388 e. The number of rotatable bonds is 3. The topological polar surface area (TPSA) is 38.0 Å². The van der Waals surface area contributed by atoms with Gasteiger partial charge in [-0.05, 0) is 30.2 Å². The van der Waals surface area contributed by atoms with Gasteiger partial charge in [0.05, 0.1) is 11.8 Å². The predicted molar refractivity (Wildman–Crippen MR) is 58.8 cm³/mol. The smallest absolute Gasteiger partial charge is 0.0787 e. The molecule has 0 aliphatic carbocycles. The predicted octanol–water partition coefficient (Wildman–Crippen LogP) is 2.32. The van der Waals surface area contributed by atoms with Crippen LogP contribution in [0.25, 0.3) is 5.69 Å². The number of nitrogens with zero attached hydrogens (tertiary/aromatic N) is 2. The summed E-state index contributed by atoms with van der Waals surface area (Å²) in [5.41, 5.74) is 1.96. The fourth-order valence-electron chi connectivity index (χ4n) is 1.51. The van der Waals surface area contributed by atoms with Crippen LogP contribution in [0.5, 0.6) is 0 Å². The third-order valence-corrected chi connectivity index (χ3v) is 2.43. The molecule has 3 nitrogen and oxygen atoms in total. The molecule has 1 heterocycles. The van der Waals surface area contributed by atoms with Crippen LogP contribution in [0.2, 0.25) is 0 Å². The summed E-state index contributed by atoms with van der Waals surface area (Å²) < 4.78 is 1.79. The number of aliphatic hydroxyl groups is 1. The summed E-state index contributed by atoms with van der Waals surface area (Å²) in [7, 11) is 0. The first kappa shape index (κ1) is 9.93. The molecule has 1 aromatic heterocycles. The molecular formula is C12H14N2O. The minimum atomic E-state index is -0.364. The van der Waals surface area contributed by atoms with Crippen molar-refractivity contribution in [2.24, 2.45) is 0 Å². The van der Waals surface area contributed by atoms with Gasteiger partial charge in [-0.15, -0.1) is 0 Å². The first-order chi connectivity index (χ1) is 7.31. The normalized spacial score (nSPS) is 12.7. The highest BCUT2D eigenvalue weighted by Crippen LogP contribution is 2.17. The molecule has 0 saturated heterocycles. The van der Waals surface area contributed by atoms with Crippen LogP contribution < -0.4 is 0 Å². The average molecular weight is 202 g/mol. The zero-order chi connectivity index (χ0) is 10.7. The molecule has 0 bridgehead atoms. The standard InChI is InChI=1S/C12H14N2O/c1-2-12(15)10-4-6-11(7-5-10)14-9-3-8-13-14/h3-9,12,15H,2H2,1H3. The van der Waals surface area contributed by atoms with Crippen LogP contribution >= 0.6 is 0 Å². The Morgan fingerprint density at radius 1 is 1.33 bits per heavy atom. The largest absolute Gasteiger partial charge is 0.388 e. The highest BCUT2D eigenvalue weighted by Gasteiger charge is 2.04. The quantitative estimate of drug-likeness (QED) is 0.829. The molecule has 78 valence electrons. The molecule has 1 N–H and O–H groups in total. The number of hydrogen-bond acceptors (Lipinski definition) is 2. The molecule has 2 aromatic rings. The molecule has 0 fully saturated rings. The lowest BCUT2D eigenvalue weighted by Gasteiger charge is -2.08. The number of aliphatic hydroxyl groups excluding tert-OH is 1. The summed E-state index contributed by atoms with van der Waals surface area (Å²) in [4.78, 5) is 0. The van der Waals surface area contributed by atoms with Gasteiger partial charge in [-0.1, -0.05) is 19.1 Å². The van der Waals surface area contributed by atoms with Gasteiger partial charge >= 0.3 is 0 Å². The summed E-state index contributed by atoms with van der Waals surface area (Å²) in [5.74, 6) is 0. The van der Waals surface area contributed by atoms with Crippen LogP contribution in [0.3, 0.4) is 0 Å². The second-order valence-corrected chi connectivity index (χ2v) is 3.47. The first-order valence-corrected chi connectivity index (χ1v) is 5.09. The van der Waals surface area contributed by atoms with Crippen molar-refractivity contribution in [1.29, 1.82) is 0 Å². The van der Waals surface area contributed by atoms with Gasteiger partial charge < -0.3 is 5.11 Å². The molecule has 1 unspecified atom stereocenters. The molecule has 0 spiro atoms. The van der Waals surface area contributed by atoms with Crippen molar-refractivity contribution in [2.45, 2.75) is 19.4 Å². The number of hydrogen-bond donors (Lipinski definition) is 1. The molecule has 1 atom stereocenters. The monoisotopic (exact) mass is 202 g/mol. The van der Waals surface area contributed by atoms with Crippen LogP contribution in [0.15, 0.2) is 42.7 Å². The Bertz CT molecular complexity index is 406. The van der Waals surface area contributed by atoms with Gasteiger partial charge in [0.1, 0.15) is 0 Å². The van der Waals surface area contributed by atoms with Crippen molar-refractivity contribution in [3.8, 4) is 5.69 Å². The second kappa shape index (κ2) is 4.28. The highest BCUT2D eigenvalue weighted by atomic mass is 16.3. The van der Waals surface area contributed by atoms with E-state index in [4.69, 9.17) is 0 Å². The van der Waals surface area contributed by atoms with E-state index in [9.17, 15) is 5.11 Å². The van der Waals surface area contributed by atoms with E-state index in [0.29, 0.717) is 0 Å². The Hall–Kier alpha value is -1.61. The van der Waals surface area contributed by atoms with Gasteiger partial charge in [0.25, 0.3) is 0 Å². The van der Waals surface area contributed by atoms with E-state index in [1.807, 2.05) is 43.5 Å². The van der Waals surface area contributed by atoms with E-state index in [-0.39, 0.29) is 6.10 Å². The van der Waals surface area contributed by atoms with Gasteiger partial charge in [-0.2, -0.15) is 5.10 Å². The average Bonchev–Trinajstić information content (AvgIpc) is 2.82. The van der Waals surface area contributed by atoms with Crippen LogP contribution in [0.4, 0.5) is 0 Å². The third-order valence-electron chi connectivity index (χ3n) is 2.43. The molecule has 1 aromatic carbocycles. The Balaban J connectivity index is 2.25. The first-order valence-electron chi connectivity index (χ1n) is 5.09. The zero-order valence-corrected chi connectivity index (χ0v) is 8.67. The van der Waals surface area contributed by atoms with Crippen LogP contribution in [0.1, 0.15) is 25.0 Å². The summed E-state index contributed by atoms with van der Waals surface area (Å²) in [6, 6.07) is 9.67. The second-order valence-electron chi connectivity index (χ2n) is 3.47. The van der Waals surface area contributed by atoms with Gasteiger partial charge in [-0.3, -0.25) is 0 Å². The van der Waals surface area contributed by atoms with Gasteiger partial charge in [0.15, 0.2) is 0 Å². The van der Waals surface area contributed by atoms with Crippen LogP contribution in [-0.4, -0.2) is 14.9 Å². The molecular weight excluding hydrogens is 188 g/mol. The fourth-order valence-corrected chi connectivity index (χ4v) is 1.51. The number of benzene rings is 1. The van der Waals surface area contributed by atoms with Crippen molar-refractivity contribution in [3.05, 3.63) is 48.3 Å². The van der Waals surface area contributed by atoms with Crippen molar-refractivity contribution in [3.63, 3.8) is 0 Å². The molecule has 2 rings (SSSR count). The molecule has 3 heteroatoms.